The van der Waals surface area contributed by atoms with E-state index < -0.39 is 9.05 Å². The molecule has 9 heteroatoms. The number of hydrogen-bond donors (Lipinski definition) is 0. The van der Waals surface area contributed by atoms with Crippen molar-refractivity contribution in [2.45, 2.75) is 4.90 Å². The fraction of sp³-hybridized carbons (Fsp3) is 0.0625. The van der Waals surface area contributed by atoms with Crippen LogP contribution in [0.3, 0.4) is 0 Å². The second-order valence-corrected chi connectivity index (χ2v) is 7.31. The Hall–Kier alpha value is -2.80. The number of methoxy groups -OCH3 is 1. The number of benzene rings is 2. The van der Waals surface area contributed by atoms with Crippen molar-refractivity contribution in [1.82, 2.24) is 0 Å². The fourth-order valence-electron chi connectivity index (χ4n) is 2.00. The zero-order valence-corrected chi connectivity index (χ0v) is 14.5. The SMILES string of the molecule is COc1ccc(C(=O)C=Cc2ccc(N=[N+]=[N-])cc2S(=O)(=O)Cl)cc1. The van der Waals surface area contributed by atoms with E-state index in [1.165, 1.54) is 31.4 Å². The Morgan fingerprint density at radius 1 is 1.24 bits per heavy atom. The van der Waals surface area contributed by atoms with Gasteiger partial charge < -0.3 is 4.74 Å². The van der Waals surface area contributed by atoms with Gasteiger partial charge in [0.25, 0.3) is 9.05 Å². The second-order valence-electron chi connectivity index (χ2n) is 4.78. The van der Waals surface area contributed by atoms with Crippen LogP contribution in [0, 0.1) is 0 Å². The number of azide groups is 1. The van der Waals surface area contributed by atoms with Crippen LogP contribution in [-0.4, -0.2) is 21.3 Å². The van der Waals surface area contributed by atoms with Crippen molar-refractivity contribution >= 4 is 37.3 Å². The lowest BCUT2D eigenvalue weighted by Gasteiger charge is -2.04. The van der Waals surface area contributed by atoms with Gasteiger partial charge in [0.2, 0.25) is 0 Å². The predicted octanol–water partition coefficient (Wildman–Crippen LogP) is 4.46. The molecular weight excluding hydrogens is 366 g/mol. The molecule has 2 aromatic rings. The molecule has 0 aromatic heterocycles. The quantitative estimate of drug-likeness (QED) is 0.185. The number of ketones is 1. The van der Waals surface area contributed by atoms with Crippen molar-refractivity contribution in [3.63, 3.8) is 0 Å². The summed E-state index contributed by atoms with van der Waals surface area (Å²) in [6, 6.07) is 10.4. The van der Waals surface area contributed by atoms with Gasteiger partial charge in [-0.25, -0.2) is 8.42 Å². The van der Waals surface area contributed by atoms with Crippen LogP contribution in [-0.2, 0) is 9.05 Å². The van der Waals surface area contributed by atoms with Crippen LogP contribution in [0.5, 0.6) is 5.75 Å². The lowest BCUT2D eigenvalue weighted by atomic mass is 10.1. The van der Waals surface area contributed by atoms with Gasteiger partial charge in [-0.15, -0.1) is 0 Å². The minimum absolute atomic E-state index is 0.0976. The molecular formula is C16H12ClN3O4S. The summed E-state index contributed by atoms with van der Waals surface area (Å²) in [6.45, 7) is 0. The lowest BCUT2D eigenvalue weighted by molar-refractivity contribution is 0.104. The zero-order chi connectivity index (χ0) is 18.4. The normalized spacial score (nSPS) is 11.1. The first-order valence-electron chi connectivity index (χ1n) is 6.85. The summed E-state index contributed by atoms with van der Waals surface area (Å²) in [5, 5.41) is 3.34. The van der Waals surface area contributed by atoms with Crippen molar-refractivity contribution < 1.29 is 17.9 Å². The van der Waals surface area contributed by atoms with E-state index in [-0.39, 0.29) is 21.9 Å². The molecule has 0 N–H and O–H groups in total. The number of halogens is 1. The van der Waals surface area contributed by atoms with E-state index in [1.54, 1.807) is 24.3 Å². The zero-order valence-electron chi connectivity index (χ0n) is 13.0. The monoisotopic (exact) mass is 377 g/mol. The summed E-state index contributed by atoms with van der Waals surface area (Å²) in [6.07, 6.45) is 2.57. The number of rotatable bonds is 6. The second kappa shape index (κ2) is 7.85. The van der Waals surface area contributed by atoms with E-state index in [9.17, 15) is 13.2 Å². The highest BCUT2D eigenvalue weighted by molar-refractivity contribution is 8.13. The summed E-state index contributed by atoms with van der Waals surface area (Å²) in [5.74, 6) is 0.296. The maximum Gasteiger partial charge on any atom is 0.261 e. The summed E-state index contributed by atoms with van der Waals surface area (Å²) in [5.41, 5.74) is 9.15. The van der Waals surface area contributed by atoms with Crippen LogP contribution < -0.4 is 4.74 Å². The third kappa shape index (κ3) is 4.84. The van der Waals surface area contributed by atoms with Crippen molar-refractivity contribution in [3.05, 3.63) is 70.1 Å². The molecule has 0 spiro atoms. The molecule has 0 unspecified atom stereocenters. The van der Waals surface area contributed by atoms with Crippen molar-refractivity contribution in [1.29, 1.82) is 0 Å². The Kier molecular flexibility index (Phi) is 5.82. The standard InChI is InChI=1S/C16H12ClN3O4S/c1-24-14-7-3-11(4-8-14)15(21)9-5-12-2-6-13(19-20-18)10-16(12)25(17,22)23/h2-10H,1H3. The number of carbonyl (C=O) groups is 1. The van der Waals surface area contributed by atoms with Gasteiger partial charge in [0.15, 0.2) is 5.78 Å². The molecule has 0 saturated heterocycles. The van der Waals surface area contributed by atoms with Gasteiger partial charge in [-0.2, -0.15) is 0 Å². The highest BCUT2D eigenvalue weighted by atomic mass is 35.7. The number of carbonyl (C=O) groups excluding carboxylic acids is 1. The first kappa shape index (κ1) is 18.5. The Balaban J connectivity index is 2.36. The molecule has 0 saturated carbocycles. The van der Waals surface area contributed by atoms with Crippen LogP contribution in [0.2, 0.25) is 0 Å². The summed E-state index contributed by atoms with van der Waals surface area (Å²) in [4.78, 5) is 14.5. The number of nitrogens with zero attached hydrogens (tertiary/aromatic N) is 3. The van der Waals surface area contributed by atoms with Crippen LogP contribution in [0.15, 0.2) is 58.6 Å². The molecule has 0 heterocycles. The minimum Gasteiger partial charge on any atom is -0.497 e. The Labute approximate surface area is 148 Å². The van der Waals surface area contributed by atoms with E-state index in [2.05, 4.69) is 10.0 Å². The molecule has 25 heavy (non-hydrogen) atoms. The molecule has 2 aromatic carbocycles. The van der Waals surface area contributed by atoms with Crippen molar-refractivity contribution in [2.75, 3.05) is 7.11 Å². The Bertz CT molecular complexity index is 979. The van der Waals surface area contributed by atoms with E-state index in [4.69, 9.17) is 21.0 Å². The van der Waals surface area contributed by atoms with Crippen LogP contribution in [0.1, 0.15) is 15.9 Å². The number of hydrogen-bond acceptors (Lipinski definition) is 5. The molecule has 128 valence electrons. The van der Waals surface area contributed by atoms with Crippen LogP contribution in [0.25, 0.3) is 16.5 Å². The van der Waals surface area contributed by atoms with Gasteiger partial charge in [0.1, 0.15) is 5.75 Å². The van der Waals surface area contributed by atoms with Crippen molar-refractivity contribution in [2.24, 2.45) is 5.11 Å². The molecule has 0 bridgehead atoms. The van der Waals surface area contributed by atoms with Gasteiger partial charge in [-0.3, -0.25) is 4.79 Å². The van der Waals surface area contributed by atoms with E-state index >= 15 is 0 Å². The molecule has 2 rings (SSSR count). The maximum absolute atomic E-state index is 12.2. The van der Waals surface area contributed by atoms with Gasteiger partial charge >= 0.3 is 0 Å². The topological polar surface area (TPSA) is 109 Å². The van der Waals surface area contributed by atoms with Crippen LogP contribution >= 0.6 is 10.7 Å². The number of ether oxygens (including phenoxy) is 1. The summed E-state index contributed by atoms with van der Waals surface area (Å²) < 4.78 is 28.4. The average molecular weight is 378 g/mol. The molecule has 0 aliphatic heterocycles. The third-order valence-electron chi connectivity index (χ3n) is 3.21. The van der Waals surface area contributed by atoms with Crippen molar-refractivity contribution in [3.8, 4) is 5.75 Å². The molecule has 0 atom stereocenters. The lowest BCUT2D eigenvalue weighted by Crippen LogP contribution is -1.96. The maximum atomic E-state index is 12.2. The fourth-order valence-corrected chi connectivity index (χ4v) is 3.08. The summed E-state index contributed by atoms with van der Waals surface area (Å²) >= 11 is 0. The smallest absolute Gasteiger partial charge is 0.261 e. The highest BCUT2D eigenvalue weighted by Crippen LogP contribution is 2.27. The first-order valence-corrected chi connectivity index (χ1v) is 9.16. The summed E-state index contributed by atoms with van der Waals surface area (Å²) in [7, 11) is 2.84. The molecule has 0 aliphatic carbocycles. The average Bonchev–Trinajstić information content (AvgIpc) is 2.60. The number of allylic oxidation sites excluding steroid dienone is 1. The Morgan fingerprint density at radius 3 is 2.48 bits per heavy atom. The van der Waals surface area contributed by atoms with E-state index in [0.29, 0.717) is 11.3 Å². The highest BCUT2D eigenvalue weighted by Gasteiger charge is 2.15. The van der Waals surface area contributed by atoms with E-state index in [1.807, 2.05) is 0 Å². The molecule has 0 amide bonds. The third-order valence-corrected chi connectivity index (χ3v) is 4.59. The van der Waals surface area contributed by atoms with Gasteiger partial charge in [0.05, 0.1) is 12.0 Å². The first-order chi connectivity index (χ1) is 11.8. The van der Waals surface area contributed by atoms with Crippen LogP contribution in [0.4, 0.5) is 5.69 Å². The molecule has 0 radical (unpaired) electrons. The van der Waals surface area contributed by atoms with Gasteiger partial charge in [-0.05, 0) is 53.6 Å². The Morgan fingerprint density at radius 2 is 1.92 bits per heavy atom. The minimum atomic E-state index is -4.09. The largest absolute Gasteiger partial charge is 0.497 e. The molecule has 7 nitrogen and oxygen atoms in total. The molecule has 0 aliphatic rings. The van der Waals surface area contributed by atoms with Gasteiger partial charge in [0, 0.05) is 26.8 Å². The van der Waals surface area contributed by atoms with E-state index in [0.717, 1.165) is 6.07 Å². The molecule has 0 fully saturated rings. The van der Waals surface area contributed by atoms with Gasteiger partial charge in [-0.1, -0.05) is 17.2 Å². The predicted molar refractivity (Wildman–Crippen MR) is 94.6 cm³/mol.